The van der Waals surface area contributed by atoms with Crippen LogP contribution in [0.25, 0.3) is 0 Å². The SMILES string of the molecule is COC(=O)c1cc(NC(=O)[C@H]2CC(=O)NC(=Nc3cc(OC)ccc3OC)S2)cc(C(=O)OC)c1. The number of carbonyl (C=O) groups excluding carboxylic acids is 4. The molecule has 1 aliphatic rings. The first kappa shape index (κ1) is 25.6. The lowest BCUT2D eigenvalue weighted by Gasteiger charge is -2.22. The normalized spacial score (nSPS) is 16.2. The Labute approximate surface area is 205 Å². The topological polar surface area (TPSA) is 142 Å². The lowest BCUT2D eigenvalue weighted by Crippen LogP contribution is -2.41. The summed E-state index contributed by atoms with van der Waals surface area (Å²) in [5, 5.41) is 4.65. The van der Waals surface area contributed by atoms with Crippen molar-refractivity contribution >= 4 is 52.1 Å². The lowest BCUT2D eigenvalue weighted by atomic mass is 10.1. The number of ether oxygens (including phenoxy) is 4. The van der Waals surface area contributed by atoms with Gasteiger partial charge in [-0.1, -0.05) is 11.8 Å². The van der Waals surface area contributed by atoms with Gasteiger partial charge in [-0.05, 0) is 30.3 Å². The van der Waals surface area contributed by atoms with Crippen molar-refractivity contribution in [2.24, 2.45) is 4.99 Å². The number of thioether (sulfide) groups is 1. The van der Waals surface area contributed by atoms with Crippen molar-refractivity contribution in [2.45, 2.75) is 11.7 Å². The summed E-state index contributed by atoms with van der Waals surface area (Å²) in [4.78, 5) is 53.7. The monoisotopic (exact) mass is 501 g/mol. The fourth-order valence-electron chi connectivity index (χ4n) is 3.13. The minimum Gasteiger partial charge on any atom is -0.497 e. The number of amides is 2. The minimum absolute atomic E-state index is 0.0483. The highest BCUT2D eigenvalue weighted by molar-refractivity contribution is 8.15. The Balaban J connectivity index is 1.85. The Morgan fingerprint density at radius 1 is 0.971 bits per heavy atom. The number of anilines is 1. The third-order valence-electron chi connectivity index (χ3n) is 4.81. The molecule has 0 unspecified atom stereocenters. The van der Waals surface area contributed by atoms with E-state index in [1.54, 1.807) is 18.2 Å². The molecule has 2 aromatic rings. The second-order valence-corrected chi connectivity index (χ2v) is 8.28. The van der Waals surface area contributed by atoms with E-state index < -0.39 is 29.0 Å². The molecule has 0 radical (unpaired) electrons. The number of carbonyl (C=O) groups is 4. The molecule has 1 saturated heterocycles. The van der Waals surface area contributed by atoms with Gasteiger partial charge in [-0.2, -0.15) is 0 Å². The van der Waals surface area contributed by atoms with E-state index in [2.05, 4.69) is 15.6 Å². The Kier molecular flexibility index (Phi) is 8.31. The molecular weight excluding hydrogens is 478 g/mol. The number of nitrogens with one attached hydrogen (secondary N) is 2. The molecule has 0 aromatic heterocycles. The van der Waals surface area contributed by atoms with E-state index in [1.165, 1.54) is 46.6 Å². The molecule has 2 amide bonds. The maximum absolute atomic E-state index is 13.0. The van der Waals surface area contributed by atoms with Crippen LogP contribution in [0.15, 0.2) is 41.4 Å². The number of amidine groups is 1. The van der Waals surface area contributed by atoms with E-state index >= 15 is 0 Å². The predicted octanol–water partition coefficient (Wildman–Crippen LogP) is 2.52. The Hall–Kier alpha value is -4.06. The molecule has 1 atom stereocenters. The zero-order chi connectivity index (χ0) is 25.5. The van der Waals surface area contributed by atoms with Gasteiger partial charge in [0.1, 0.15) is 22.4 Å². The van der Waals surface area contributed by atoms with Gasteiger partial charge < -0.3 is 29.6 Å². The van der Waals surface area contributed by atoms with Crippen LogP contribution < -0.4 is 20.1 Å². The van der Waals surface area contributed by atoms with Gasteiger partial charge in [0.25, 0.3) is 0 Å². The van der Waals surface area contributed by atoms with Gasteiger partial charge in [0.05, 0.1) is 39.6 Å². The van der Waals surface area contributed by atoms with Crippen molar-refractivity contribution < 1.29 is 38.1 Å². The first-order valence-corrected chi connectivity index (χ1v) is 11.1. The molecule has 0 spiro atoms. The van der Waals surface area contributed by atoms with E-state index in [0.29, 0.717) is 17.2 Å². The van der Waals surface area contributed by atoms with Gasteiger partial charge in [0.15, 0.2) is 5.17 Å². The molecular formula is C23H23N3O8S. The Bertz CT molecular complexity index is 1160. The number of rotatable bonds is 7. The predicted molar refractivity (Wildman–Crippen MR) is 129 cm³/mol. The smallest absolute Gasteiger partial charge is 0.337 e. The average molecular weight is 502 g/mol. The molecule has 3 rings (SSSR count). The number of esters is 2. The molecule has 2 N–H and O–H groups in total. The van der Waals surface area contributed by atoms with Crippen molar-refractivity contribution in [1.29, 1.82) is 0 Å². The molecule has 0 aliphatic carbocycles. The fraction of sp³-hybridized carbons (Fsp3) is 0.261. The number of hydrogen-bond acceptors (Lipinski definition) is 10. The van der Waals surface area contributed by atoms with Crippen LogP contribution in [0.4, 0.5) is 11.4 Å². The van der Waals surface area contributed by atoms with E-state index in [9.17, 15) is 19.2 Å². The van der Waals surface area contributed by atoms with Crippen molar-refractivity contribution in [3.8, 4) is 11.5 Å². The van der Waals surface area contributed by atoms with Crippen LogP contribution in [0.5, 0.6) is 11.5 Å². The van der Waals surface area contributed by atoms with Crippen LogP contribution in [-0.2, 0) is 19.1 Å². The van der Waals surface area contributed by atoms with Gasteiger partial charge in [-0.3, -0.25) is 9.59 Å². The first-order valence-electron chi connectivity index (χ1n) is 10.2. The molecule has 2 aromatic carbocycles. The number of hydrogen-bond donors (Lipinski definition) is 2. The second kappa shape index (κ2) is 11.4. The summed E-state index contributed by atoms with van der Waals surface area (Å²) in [6, 6.07) is 9.03. The maximum Gasteiger partial charge on any atom is 0.337 e. The largest absolute Gasteiger partial charge is 0.497 e. The van der Waals surface area contributed by atoms with Crippen LogP contribution in [0.1, 0.15) is 27.1 Å². The highest BCUT2D eigenvalue weighted by Gasteiger charge is 2.31. The summed E-state index contributed by atoms with van der Waals surface area (Å²) >= 11 is 1.05. The number of nitrogens with zero attached hydrogens (tertiary/aromatic N) is 1. The lowest BCUT2D eigenvalue weighted by molar-refractivity contribution is -0.123. The third kappa shape index (κ3) is 6.29. The summed E-state index contributed by atoms with van der Waals surface area (Å²) in [7, 11) is 5.39. The Morgan fingerprint density at radius 2 is 1.63 bits per heavy atom. The molecule has 1 heterocycles. The molecule has 0 bridgehead atoms. The van der Waals surface area contributed by atoms with Gasteiger partial charge in [-0.15, -0.1) is 0 Å². The standard InChI is InChI=1S/C23H23N3O8S/c1-31-15-5-6-17(32-2)16(10-15)25-23-26-19(27)11-18(35-23)20(28)24-14-8-12(21(29)33-3)7-13(9-14)22(30)34-4/h5-10,18H,11H2,1-4H3,(H,24,28)(H,25,26,27)/t18-/m1/s1. The molecule has 11 nitrogen and oxygen atoms in total. The van der Waals surface area contributed by atoms with Crippen molar-refractivity contribution in [2.75, 3.05) is 33.8 Å². The third-order valence-corrected chi connectivity index (χ3v) is 5.90. The highest BCUT2D eigenvalue weighted by atomic mass is 32.2. The summed E-state index contributed by atoms with van der Waals surface area (Å²) in [6.45, 7) is 0. The van der Waals surface area contributed by atoms with Crippen LogP contribution in [0, 0.1) is 0 Å². The molecule has 1 fully saturated rings. The van der Waals surface area contributed by atoms with Gasteiger partial charge >= 0.3 is 11.9 Å². The first-order chi connectivity index (χ1) is 16.8. The summed E-state index contributed by atoms with van der Waals surface area (Å²) in [5.74, 6) is -1.32. The van der Waals surface area contributed by atoms with Crippen LogP contribution in [0.2, 0.25) is 0 Å². The van der Waals surface area contributed by atoms with E-state index in [-0.39, 0.29) is 28.4 Å². The summed E-state index contributed by atoms with van der Waals surface area (Å²) in [6.07, 6.45) is -0.106. The quantitative estimate of drug-likeness (QED) is 0.547. The summed E-state index contributed by atoms with van der Waals surface area (Å²) < 4.78 is 19.9. The highest BCUT2D eigenvalue weighted by Crippen LogP contribution is 2.33. The zero-order valence-corrected chi connectivity index (χ0v) is 20.2. The van der Waals surface area contributed by atoms with Crippen LogP contribution >= 0.6 is 11.8 Å². The van der Waals surface area contributed by atoms with E-state index in [4.69, 9.17) is 18.9 Å². The van der Waals surface area contributed by atoms with Gasteiger partial charge in [-0.25, -0.2) is 14.6 Å². The number of aliphatic imine (C=N–C) groups is 1. The van der Waals surface area contributed by atoms with E-state index in [0.717, 1.165) is 11.8 Å². The molecule has 0 saturated carbocycles. The Morgan fingerprint density at radius 3 is 2.20 bits per heavy atom. The number of benzene rings is 2. The van der Waals surface area contributed by atoms with Crippen molar-refractivity contribution in [3.05, 3.63) is 47.5 Å². The van der Waals surface area contributed by atoms with Gasteiger partial charge in [0, 0.05) is 18.2 Å². The molecule has 1 aliphatic heterocycles. The minimum atomic E-state index is -0.831. The molecule has 12 heteroatoms. The second-order valence-electron chi connectivity index (χ2n) is 7.08. The zero-order valence-electron chi connectivity index (χ0n) is 19.4. The van der Waals surface area contributed by atoms with Crippen molar-refractivity contribution in [3.63, 3.8) is 0 Å². The molecule has 35 heavy (non-hydrogen) atoms. The average Bonchev–Trinajstić information content (AvgIpc) is 2.86. The summed E-state index contributed by atoms with van der Waals surface area (Å²) in [5.41, 5.74) is 0.668. The van der Waals surface area contributed by atoms with E-state index in [1.807, 2.05) is 0 Å². The van der Waals surface area contributed by atoms with Gasteiger partial charge in [0.2, 0.25) is 11.8 Å². The van der Waals surface area contributed by atoms with Crippen molar-refractivity contribution in [1.82, 2.24) is 5.32 Å². The van der Waals surface area contributed by atoms with Crippen LogP contribution in [-0.4, -0.2) is 62.6 Å². The number of methoxy groups -OCH3 is 4. The fourth-order valence-corrected chi connectivity index (χ4v) is 4.13. The maximum atomic E-state index is 13.0. The molecule has 184 valence electrons. The van der Waals surface area contributed by atoms with Crippen LogP contribution in [0.3, 0.4) is 0 Å².